The molecule has 0 aromatic carbocycles. The number of nitrogens with one attached hydrogen (secondary N) is 4. The lowest BCUT2D eigenvalue weighted by molar-refractivity contribution is -0.142. The normalized spacial score (nSPS) is 15.3. The molecule has 1 heterocycles. The number of nitrogens with two attached hydrogens (primary N) is 2. The highest BCUT2D eigenvalue weighted by Crippen LogP contribution is 2.07. The molecule has 0 spiro atoms. The third-order valence-electron chi connectivity index (χ3n) is 5.24. The first-order valence-corrected chi connectivity index (χ1v) is 12.7. The number of aromatic nitrogens is 2. The summed E-state index contributed by atoms with van der Waals surface area (Å²) in [4.78, 5) is 56.7. The zero-order valence-corrected chi connectivity index (χ0v) is 20.8. The topological polar surface area (TPSA) is 226 Å². The molecule has 5 atom stereocenters. The number of amides is 3. The molecule has 5 unspecified atom stereocenters. The molecule has 1 aromatic heterocycles. The molecule has 13 nitrogen and oxygen atoms in total. The van der Waals surface area contributed by atoms with Gasteiger partial charge in [-0.2, -0.15) is 11.8 Å². The van der Waals surface area contributed by atoms with E-state index in [1.165, 1.54) is 31.2 Å². The van der Waals surface area contributed by atoms with Gasteiger partial charge in [0.15, 0.2) is 0 Å². The molecule has 0 saturated carbocycles. The number of aliphatic hydroxyl groups excluding tert-OH is 1. The van der Waals surface area contributed by atoms with E-state index in [4.69, 9.17) is 11.5 Å². The minimum atomic E-state index is -1.24. The van der Waals surface area contributed by atoms with Crippen LogP contribution < -0.4 is 27.4 Å². The van der Waals surface area contributed by atoms with Crippen molar-refractivity contribution in [1.82, 2.24) is 25.9 Å². The second kappa shape index (κ2) is 16.1. The molecule has 198 valence electrons. The van der Waals surface area contributed by atoms with Gasteiger partial charge < -0.3 is 42.6 Å². The molecule has 0 bridgehead atoms. The fourth-order valence-corrected chi connectivity index (χ4v) is 3.59. The number of aromatic amines is 1. The minimum Gasteiger partial charge on any atom is -0.480 e. The number of imidazole rings is 1. The number of rotatable bonds is 17. The van der Waals surface area contributed by atoms with Gasteiger partial charge in [-0.3, -0.25) is 14.4 Å². The van der Waals surface area contributed by atoms with Crippen LogP contribution in [0.25, 0.3) is 0 Å². The second-order valence-corrected chi connectivity index (χ2v) is 9.12. The third-order valence-corrected chi connectivity index (χ3v) is 5.88. The van der Waals surface area contributed by atoms with Crippen molar-refractivity contribution < 1.29 is 29.4 Å². The SMILES string of the molecule is CSCCC(NC(=O)C(N)C(C)O)C(=O)NC(CCCCN)C(=O)NC(Cc1cnc[nH]1)C(=O)O. The maximum atomic E-state index is 13.0. The summed E-state index contributed by atoms with van der Waals surface area (Å²) < 4.78 is 0. The molecule has 1 rings (SSSR count). The van der Waals surface area contributed by atoms with E-state index in [1.807, 2.05) is 6.26 Å². The van der Waals surface area contributed by atoms with Crippen molar-refractivity contribution in [3.05, 3.63) is 18.2 Å². The number of aliphatic carboxylic acids is 1. The Morgan fingerprint density at radius 2 is 1.66 bits per heavy atom. The molecular weight excluding hydrogens is 478 g/mol. The summed E-state index contributed by atoms with van der Waals surface area (Å²) in [5, 5.41) is 26.7. The predicted octanol–water partition coefficient (Wildman–Crippen LogP) is -1.92. The fraction of sp³-hybridized carbons (Fsp3) is 0.667. The molecule has 0 aliphatic rings. The standard InChI is InChI=1S/C21H37N7O6S/c1-12(29)17(23)20(32)27-15(6-8-35-2)19(31)26-14(5-3-4-7-22)18(30)28-16(21(33)34)9-13-10-24-11-25-13/h10-12,14-17,29H,3-9,22-23H2,1-2H3,(H,24,25)(H,26,31)(H,27,32)(H,28,30)(H,33,34). The Kier molecular flexibility index (Phi) is 13.9. The first-order chi connectivity index (χ1) is 16.6. The largest absolute Gasteiger partial charge is 0.480 e. The van der Waals surface area contributed by atoms with Crippen LogP contribution in [0.3, 0.4) is 0 Å². The van der Waals surface area contributed by atoms with Gasteiger partial charge in [-0.05, 0) is 51.2 Å². The number of H-pyrrole nitrogens is 1. The molecule has 0 aliphatic carbocycles. The smallest absolute Gasteiger partial charge is 0.326 e. The van der Waals surface area contributed by atoms with Gasteiger partial charge in [0.1, 0.15) is 24.2 Å². The van der Waals surface area contributed by atoms with Crippen LogP contribution in [-0.4, -0.2) is 92.7 Å². The number of thioether (sulfide) groups is 1. The lowest BCUT2D eigenvalue weighted by Gasteiger charge is -2.25. The van der Waals surface area contributed by atoms with Crippen molar-refractivity contribution in [1.29, 1.82) is 0 Å². The van der Waals surface area contributed by atoms with E-state index in [1.54, 1.807) is 0 Å². The number of hydrogen-bond donors (Lipinski definition) is 8. The van der Waals surface area contributed by atoms with Gasteiger partial charge in [-0.1, -0.05) is 0 Å². The van der Waals surface area contributed by atoms with E-state index >= 15 is 0 Å². The van der Waals surface area contributed by atoms with Crippen molar-refractivity contribution in [2.24, 2.45) is 11.5 Å². The highest BCUT2D eigenvalue weighted by atomic mass is 32.2. The summed E-state index contributed by atoms with van der Waals surface area (Å²) in [6.07, 6.45) is 5.17. The van der Waals surface area contributed by atoms with E-state index in [0.29, 0.717) is 30.8 Å². The molecule has 10 N–H and O–H groups in total. The molecular formula is C21H37N7O6S. The zero-order valence-electron chi connectivity index (χ0n) is 20.0. The van der Waals surface area contributed by atoms with Crippen LogP contribution in [-0.2, 0) is 25.6 Å². The van der Waals surface area contributed by atoms with Crippen molar-refractivity contribution in [3.8, 4) is 0 Å². The fourth-order valence-electron chi connectivity index (χ4n) is 3.11. The number of carboxylic acid groups (broad SMARTS) is 1. The van der Waals surface area contributed by atoms with E-state index in [2.05, 4.69) is 25.9 Å². The first-order valence-electron chi connectivity index (χ1n) is 11.3. The highest BCUT2D eigenvalue weighted by molar-refractivity contribution is 7.98. The number of carbonyl (C=O) groups excluding carboxylic acids is 3. The van der Waals surface area contributed by atoms with Crippen LogP contribution in [0.15, 0.2) is 12.5 Å². The average molecular weight is 516 g/mol. The minimum absolute atomic E-state index is 0.0197. The van der Waals surface area contributed by atoms with Crippen LogP contribution in [0.1, 0.15) is 38.3 Å². The Bertz CT molecular complexity index is 808. The molecule has 0 radical (unpaired) electrons. The van der Waals surface area contributed by atoms with Gasteiger partial charge in [-0.15, -0.1) is 0 Å². The lowest BCUT2D eigenvalue weighted by atomic mass is 10.1. The van der Waals surface area contributed by atoms with Crippen molar-refractivity contribution in [2.75, 3.05) is 18.6 Å². The Balaban J connectivity index is 2.96. The van der Waals surface area contributed by atoms with Crippen molar-refractivity contribution in [2.45, 2.75) is 69.3 Å². The van der Waals surface area contributed by atoms with Crippen LogP contribution >= 0.6 is 11.8 Å². The Morgan fingerprint density at radius 3 is 2.17 bits per heavy atom. The average Bonchev–Trinajstić information content (AvgIpc) is 3.32. The van der Waals surface area contributed by atoms with Gasteiger partial charge in [0.25, 0.3) is 0 Å². The van der Waals surface area contributed by atoms with Crippen molar-refractivity contribution >= 4 is 35.5 Å². The van der Waals surface area contributed by atoms with Crippen molar-refractivity contribution in [3.63, 3.8) is 0 Å². The quantitative estimate of drug-likeness (QED) is 0.107. The van der Waals surface area contributed by atoms with Gasteiger partial charge in [-0.25, -0.2) is 9.78 Å². The first kappa shape index (κ1) is 30.4. The molecule has 3 amide bonds. The Hall–Kier alpha value is -2.68. The van der Waals surface area contributed by atoms with Gasteiger partial charge in [0.05, 0.1) is 12.4 Å². The summed E-state index contributed by atoms with van der Waals surface area (Å²) in [6.45, 7) is 1.75. The Morgan fingerprint density at radius 1 is 1.06 bits per heavy atom. The third kappa shape index (κ3) is 11.1. The second-order valence-electron chi connectivity index (χ2n) is 8.14. The Labute approximate surface area is 208 Å². The van der Waals surface area contributed by atoms with Gasteiger partial charge in [0, 0.05) is 18.3 Å². The summed E-state index contributed by atoms with van der Waals surface area (Å²) in [5.74, 6) is -2.68. The number of nitrogens with zero attached hydrogens (tertiary/aromatic N) is 1. The zero-order chi connectivity index (χ0) is 26.4. The van der Waals surface area contributed by atoms with E-state index in [9.17, 15) is 29.4 Å². The van der Waals surface area contributed by atoms with E-state index < -0.39 is 54.0 Å². The van der Waals surface area contributed by atoms with Gasteiger partial charge in [0.2, 0.25) is 17.7 Å². The van der Waals surface area contributed by atoms with Crippen LogP contribution in [0.2, 0.25) is 0 Å². The molecule has 0 saturated heterocycles. The lowest BCUT2D eigenvalue weighted by Crippen LogP contribution is -2.58. The summed E-state index contributed by atoms with van der Waals surface area (Å²) >= 11 is 1.47. The van der Waals surface area contributed by atoms with Gasteiger partial charge >= 0.3 is 5.97 Å². The molecule has 35 heavy (non-hydrogen) atoms. The summed E-state index contributed by atoms with van der Waals surface area (Å²) in [6, 6.07) is -4.50. The monoisotopic (exact) mass is 515 g/mol. The van der Waals surface area contributed by atoms with Crippen LogP contribution in [0, 0.1) is 0 Å². The number of carbonyl (C=O) groups is 4. The molecule has 14 heteroatoms. The van der Waals surface area contributed by atoms with Crippen LogP contribution in [0.4, 0.5) is 0 Å². The number of aliphatic hydroxyl groups is 1. The highest BCUT2D eigenvalue weighted by Gasteiger charge is 2.30. The molecule has 1 aromatic rings. The van der Waals surface area contributed by atoms with E-state index in [-0.39, 0.29) is 19.3 Å². The maximum Gasteiger partial charge on any atom is 0.326 e. The maximum absolute atomic E-state index is 13.0. The molecule has 0 fully saturated rings. The molecule has 0 aliphatic heterocycles. The number of unbranched alkanes of at least 4 members (excludes halogenated alkanes) is 1. The summed E-state index contributed by atoms with van der Waals surface area (Å²) in [5.41, 5.74) is 11.7. The number of carboxylic acids is 1. The van der Waals surface area contributed by atoms with Crippen LogP contribution in [0.5, 0.6) is 0 Å². The van der Waals surface area contributed by atoms with E-state index in [0.717, 1.165) is 0 Å². The predicted molar refractivity (Wildman–Crippen MR) is 131 cm³/mol. The summed E-state index contributed by atoms with van der Waals surface area (Å²) in [7, 11) is 0. The number of hydrogen-bond acceptors (Lipinski definition) is 9.